The Bertz CT molecular complexity index is 1010. The van der Waals surface area contributed by atoms with Gasteiger partial charge in [0.1, 0.15) is 0 Å². The van der Waals surface area contributed by atoms with Crippen LogP contribution in [0.5, 0.6) is 0 Å². The van der Waals surface area contributed by atoms with Gasteiger partial charge < -0.3 is 15.5 Å². The van der Waals surface area contributed by atoms with Gasteiger partial charge in [-0.05, 0) is 51.2 Å². The number of anilines is 3. The highest BCUT2D eigenvalue weighted by Gasteiger charge is 2.31. The van der Waals surface area contributed by atoms with E-state index < -0.39 is 6.04 Å². The van der Waals surface area contributed by atoms with Crippen LogP contribution in [0.15, 0.2) is 42.5 Å². The maximum absolute atomic E-state index is 13.2. The number of benzene rings is 2. The third kappa shape index (κ3) is 5.36. The minimum Gasteiger partial charge on any atom is -0.324 e. The molecule has 1 aliphatic heterocycles. The third-order valence-electron chi connectivity index (χ3n) is 5.24. The maximum atomic E-state index is 13.2. The number of rotatable bonds is 5. The van der Waals surface area contributed by atoms with E-state index in [1.54, 1.807) is 60.2 Å². The Hall–Kier alpha value is -2.61. The molecule has 2 atom stereocenters. The molecule has 1 aliphatic rings. The number of nitrogens with zero attached hydrogens (tertiary/aromatic N) is 2. The molecule has 2 aromatic carbocycles. The summed E-state index contributed by atoms with van der Waals surface area (Å²) in [4.78, 5) is 41.3. The maximum Gasteiger partial charge on any atom is 0.241 e. The predicted octanol–water partition coefficient (Wildman–Crippen LogP) is 4.02. The predicted molar refractivity (Wildman–Crippen MR) is 124 cm³/mol. The van der Waals surface area contributed by atoms with E-state index in [9.17, 15) is 14.4 Å². The number of carbonyl (C=O) groups is 3. The number of fused-ring (bicyclic) bond motifs is 1. The van der Waals surface area contributed by atoms with Crippen LogP contribution in [0.1, 0.15) is 20.3 Å². The van der Waals surface area contributed by atoms with Gasteiger partial charge in [0.05, 0.1) is 34.7 Å². The average Bonchev–Trinajstić information content (AvgIpc) is 2.83. The zero-order valence-electron chi connectivity index (χ0n) is 17.5. The van der Waals surface area contributed by atoms with Crippen molar-refractivity contribution in [1.82, 2.24) is 4.90 Å². The molecule has 164 valence electrons. The zero-order chi connectivity index (χ0) is 22.7. The molecule has 9 heteroatoms. The highest BCUT2D eigenvalue weighted by molar-refractivity contribution is 6.36. The van der Waals surface area contributed by atoms with Gasteiger partial charge >= 0.3 is 0 Å². The number of carbonyl (C=O) groups excluding carboxylic acids is 3. The van der Waals surface area contributed by atoms with Crippen molar-refractivity contribution < 1.29 is 14.4 Å². The van der Waals surface area contributed by atoms with Crippen LogP contribution in [-0.4, -0.2) is 48.3 Å². The lowest BCUT2D eigenvalue weighted by Crippen LogP contribution is -2.48. The second-order valence-electron chi connectivity index (χ2n) is 7.59. The van der Waals surface area contributed by atoms with Gasteiger partial charge in [-0.2, -0.15) is 0 Å². The molecule has 0 saturated heterocycles. The average molecular weight is 463 g/mol. The smallest absolute Gasteiger partial charge is 0.241 e. The highest BCUT2D eigenvalue weighted by Crippen LogP contribution is 2.31. The Labute approximate surface area is 191 Å². The van der Waals surface area contributed by atoms with E-state index in [1.165, 1.54) is 0 Å². The molecule has 31 heavy (non-hydrogen) atoms. The Morgan fingerprint density at radius 2 is 1.97 bits per heavy atom. The van der Waals surface area contributed by atoms with Crippen molar-refractivity contribution in [2.45, 2.75) is 32.4 Å². The van der Waals surface area contributed by atoms with Crippen LogP contribution in [0.2, 0.25) is 10.0 Å². The molecule has 0 aromatic heterocycles. The molecule has 3 rings (SSSR count). The number of hydrogen-bond acceptors (Lipinski definition) is 4. The highest BCUT2D eigenvalue weighted by atomic mass is 35.5. The molecule has 3 amide bonds. The summed E-state index contributed by atoms with van der Waals surface area (Å²) in [5.74, 6) is -0.653. The van der Waals surface area contributed by atoms with E-state index >= 15 is 0 Å². The fourth-order valence-electron chi connectivity index (χ4n) is 3.42. The minimum absolute atomic E-state index is 0.00417. The van der Waals surface area contributed by atoms with Crippen molar-refractivity contribution >= 4 is 58.0 Å². The second kappa shape index (κ2) is 9.68. The molecule has 2 aromatic rings. The second-order valence-corrected chi connectivity index (χ2v) is 8.43. The van der Waals surface area contributed by atoms with Crippen molar-refractivity contribution in [3.63, 3.8) is 0 Å². The standard InChI is InChI=1S/C22H24Cl2N4O3/c1-13-10-20(29)25-18-6-4-5-7-19(18)28(13)21(30)12-27(3)14(2)22(31)26-17-9-8-15(23)11-16(17)24/h4-9,11,13-14H,10,12H2,1-3H3,(H,25,29)(H,26,31)/t13-,14+/m1/s1. The van der Waals surface area contributed by atoms with E-state index in [0.29, 0.717) is 27.1 Å². The number of amides is 3. The Morgan fingerprint density at radius 1 is 1.26 bits per heavy atom. The van der Waals surface area contributed by atoms with E-state index in [1.807, 2.05) is 13.0 Å². The Morgan fingerprint density at radius 3 is 2.68 bits per heavy atom. The number of likely N-dealkylation sites (N-methyl/N-ethyl adjacent to an activating group) is 1. The molecule has 1 heterocycles. The van der Waals surface area contributed by atoms with Gasteiger partial charge in [-0.15, -0.1) is 0 Å². The summed E-state index contributed by atoms with van der Waals surface area (Å²) in [6.07, 6.45) is 0.190. The van der Waals surface area contributed by atoms with Crippen LogP contribution >= 0.6 is 23.2 Å². The van der Waals surface area contributed by atoms with E-state index in [-0.39, 0.29) is 36.7 Å². The van der Waals surface area contributed by atoms with Gasteiger partial charge in [-0.3, -0.25) is 19.3 Å². The fourth-order valence-corrected chi connectivity index (χ4v) is 3.88. The van der Waals surface area contributed by atoms with Crippen LogP contribution in [0.4, 0.5) is 17.1 Å². The van der Waals surface area contributed by atoms with Crippen LogP contribution in [0.25, 0.3) is 0 Å². The van der Waals surface area contributed by atoms with Gasteiger partial charge in [0.15, 0.2) is 0 Å². The SMILES string of the molecule is C[C@@H]1CC(=O)Nc2ccccc2N1C(=O)CN(C)[C@@H](C)C(=O)Nc1ccc(Cl)cc1Cl. The van der Waals surface area contributed by atoms with Crippen LogP contribution in [0, 0.1) is 0 Å². The van der Waals surface area contributed by atoms with Crippen LogP contribution < -0.4 is 15.5 Å². The summed E-state index contributed by atoms with van der Waals surface area (Å²) in [7, 11) is 1.70. The van der Waals surface area contributed by atoms with Crippen LogP contribution in [0.3, 0.4) is 0 Å². The monoisotopic (exact) mass is 462 g/mol. The first-order chi connectivity index (χ1) is 14.7. The third-order valence-corrected chi connectivity index (χ3v) is 5.79. The molecule has 0 saturated carbocycles. The summed E-state index contributed by atoms with van der Waals surface area (Å²) >= 11 is 12.0. The Kier molecular flexibility index (Phi) is 7.20. The quantitative estimate of drug-likeness (QED) is 0.702. The van der Waals surface area contributed by atoms with Crippen molar-refractivity contribution in [3.05, 3.63) is 52.5 Å². The van der Waals surface area contributed by atoms with Crippen molar-refractivity contribution in [2.24, 2.45) is 0 Å². The van der Waals surface area contributed by atoms with Crippen LogP contribution in [-0.2, 0) is 14.4 Å². The summed E-state index contributed by atoms with van der Waals surface area (Å²) < 4.78 is 0. The molecule has 0 spiro atoms. The molecule has 7 nitrogen and oxygen atoms in total. The molecule has 0 radical (unpaired) electrons. The first-order valence-electron chi connectivity index (χ1n) is 9.84. The molecule has 2 N–H and O–H groups in total. The number of nitrogens with one attached hydrogen (secondary N) is 2. The van der Waals surface area contributed by atoms with Gasteiger partial charge in [0.25, 0.3) is 0 Å². The van der Waals surface area contributed by atoms with Crippen molar-refractivity contribution in [3.8, 4) is 0 Å². The van der Waals surface area contributed by atoms with Gasteiger partial charge in [0, 0.05) is 17.5 Å². The van der Waals surface area contributed by atoms with Gasteiger partial charge in [-0.1, -0.05) is 35.3 Å². The number of para-hydroxylation sites is 2. The normalized spacial score (nSPS) is 16.9. The summed E-state index contributed by atoms with van der Waals surface area (Å²) in [6.45, 7) is 3.53. The van der Waals surface area contributed by atoms with Crippen molar-refractivity contribution in [1.29, 1.82) is 0 Å². The number of halogens is 2. The summed E-state index contributed by atoms with van der Waals surface area (Å²) in [6, 6.07) is 11.1. The first-order valence-corrected chi connectivity index (χ1v) is 10.6. The number of hydrogen-bond donors (Lipinski definition) is 2. The lowest BCUT2D eigenvalue weighted by Gasteiger charge is -2.31. The van der Waals surface area contributed by atoms with E-state index in [0.717, 1.165) is 0 Å². The first kappa shape index (κ1) is 23.1. The molecular formula is C22H24Cl2N4O3. The molecule has 0 bridgehead atoms. The molecular weight excluding hydrogens is 439 g/mol. The molecule has 0 fully saturated rings. The van der Waals surface area contributed by atoms with Crippen molar-refractivity contribution in [2.75, 3.05) is 29.1 Å². The largest absolute Gasteiger partial charge is 0.324 e. The summed E-state index contributed by atoms with van der Waals surface area (Å²) in [5.41, 5.74) is 1.68. The van der Waals surface area contributed by atoms with E-state index in [2.05, 4.69) is 10.6 Å². The molecule has 0 aliphatic carbocycles. The van der Waals surface area contributed by atoms with Gasteiger partial charge in [-0.25, -0.2) is 0 Å². The topological polar surface area (TPSA) is 81.8 Å². The minimum atomic E-state index is -0.604. The molecule has 0 unspecified atom stereocenters. The summed E-state index contributed by atoms with van der Waals surface area (Å²) in [5, 5.41) is 6.40. The lowest BCUT2D eigenvalue weighted by molar-refractivity contribution is -0.123. The Balaban J connectivity index is 1.71. The fraction of sp³-hybridized carbons (Fsp3) is 0.318. The van der Waals surface area contributed by atoms with Gasteiger partial charge in [0.2, 0.25) is 17.7 Å². The van der Waals surface area contributed by atoms with E-state index in [4.69, 9.17) is 23.2 Å². The zero-order valence-corrected chi connectivity index (χ0v) is 19.0. The lowest BCUT2D eigenvalue weighted by atomic mass is 10.1.